The molecule has 172 valence electrons. The van der Waals surface area contributed by atoms with E-state index in [0.717, 1.165) is 0 Å². The van der Waals surface area contributed by atoms with E-state index < -0.39 is 23.8 Å². The molecular weight excluding hydrogens is 412 g/mol. The van der Waals surface area contributed by atoms with E-state index in [9.17, 15) is 24.6 Å². The lowest BCUT2D eigenvalue weighted by molar-refractivity contribution is -0.138. The fourth-order valence-electron chi connectivity index (χ4n) is 3.75. The minimum absolute atomic E-state index is 0.0380. The van der Waals surface area contributed by atoms with Gasteiger partial charge in [0.25, 0.3) is 0 Å². The lowest BCUT2D eigenvalue weighted by atomic mass is 9.78. The Balaban J connectivity index is 2.77. The van der Waals surface area contributed by atoms with E-state index in [4.69, 9.17) is 4.74 Å². The van der Waals surface area contributed by atoms with E-state index in [1.165, 1.54) is 0 Å². The monoisotopic (exact) mass is 442 g/mol. The number of carboxylic acid groups (broad SMARTS) is 2. The first-order chi connectivity index (χ1) is 15.3. The number of aliphatic carboxylic acids is 2. The molecule has 0 saturated heterocycles. The highest BCUT2D eigenvalue weighted by Crippen LogP contribution is 2.40. The maximum Gasteiger partial charge on any atom is 0.334 e. The summed E-state index contributed by atoms with van der Waals surface area (Å²) >= 11 is 0. The van der Waals surface area contributed by atoms with Gasteiger partial charge in [0.2, 0.25) is 0 Å². The topological polar surface area (TPSA) is 125 Å². The number of likely N-dealkylation sites (N-methyl/N-ethyl adjacent to an activating group) is 1. The Morgan fingerprint density at radius 2 is 1.75 bits per heavy atom. The molecule has 2 rings (SSSR count). The molecule has 4 N–H and O–H groups in total. The molecule has 8 nitrogen and oxygen atoms in total. The van der Waals surface area contributed by atoms with Crippen LogP contribution in [0.15, 0.2) is 52.4 Å². The van der Waals surface area contributed by atoms with Crippen molar-refractivity contribution < 1.29 is 29.3 Å². The molecule has 1 heterocycles. The van der Waals surface area contributed by atoms with E-state index >= 15 is 0 Å². The first-order valence-electron chi connectivity index (χ1n) is 10.6. The Bertz CT molecular complexity index is 990. The van der Waals surface area contributed by atoms with Gasteiger partial charge in [0.05, 0.1) is 23.7 Å². The number of nitrogens with one attached hydrogen (secondary N) is 2. The molecule has 0 aliphatic carbocycles. The van der Waals surface area contributed by atoms with E-state index in [0.29, 0.717) is 41.1 Å². The van der Waals surface area contributed by atoms with Crippen molar-refractivity contribution in [2.45, 2.75) is 40.0 Å². The van der Waals surface area contributed by atoms with Gasteiger partial charge in [0, 0.05) is 23.5 Å². The second kappa shape index (κ2) is 11.3. The number of allylic oxidation sites excluding steroid dienone is 1. The molecular formula is C24H30N2O6. The first kappa shape index (κ1) is 24.9. The van der Waals surface area contributed by atoms with Crippen LogP contribution in [-0.2, 0) is 19.1 Å². The Kier molecular flexibility index (Phi) is 8.78. The summed E-state index contributed by atoms with van der Waals surface area (Å²) in [6.07, 6.45) is 2.06. The maximum absolute atomic E-state index is 12.3. The number of dihydropyridines is 1. The Hall–Kier alpha value is -3.39. The van der Waals surface area contributed by atoms with Crippen LogP contribution in [0.3, 0.4) is 0 Å². The van der Waals surface area contributed by atoms with Gasteiger partial charge in [-0.15, -0.1) is 0 Å². The van der Waals surface area contributed by atoms with Crippen molar-refractivity contribution in [3.8, 4) is 0 Å². The number of carboxylic acids is 2. The zero-order valence-corrected chi connectivity index (χ0v) is 18.8. The number of carbonyl (C=O) groups is 3. The van der Waals surface area contributed by atoms with E-state index in [1.807, 2.05) is 13.8 Å². The van der Waals surface area contributed by atoms with Crippen LogP contribution in [0.25, 0.3) is 6.08 Å². The van der Waals surface area contributed by atoms with Crippen LogP contribution < -0.4 is 10.6 Å². The fraction of sp³-hybridized carbons (Fsp3) is 0.375. The fourth-order valence-corrected chi connectivity index (χ4v) is 3.75. The summed E-state index contributed by atoms with van der Waals surface area (Å²) in [5, 5.41) is 26.1. The van der Waals surface area contributed by atoms with Gasteiger partial charge in [-0.05, 0) is 44.0 Å². The Labute approximate surface area is 187 Å². The highest BCUT2D eigenvalue weighted by Gasteiger charge is 2.38. The average Bonchev–Trinajstić information content (AvgIpc) is 2.75. The van der Waals surface area contributed by atoms with Crippen LogP contribution in [0.4, 0.5) is 0 Å². The number of hydrogen-bond donors (Lipinski definition) is 4. The third-order valence-electron chi connectivity index (χ3n) is 5.21. The Morgan fingerprint density at radius 3 is 2.31 bits per heavy atom. The molecule has 0 saturated carbocycles. The number of esters is 1. The van der Waals surface area contributed by atoms with Gasteiger partial charge < -0.3 is 25.6 Å². The molecule has 0 fully saturated rings. The number of hydrogen-bond acceptors (Lipinski definition) is 6. The maximum atomic E-state index is 12.3. The van der Waals surface area contributed by atoms with Crippen molar-refractivity contribution in [2.75, 3.05) is 19.7 Å². The summed E-state index contributed by atoms with van der Waals surface area (Å²) in [7, 11) is 0. The second-order valence-electron chi connectivity index (χ2n) is 7.25. The summed E-state index contributed by atoms with van der Waals surface area (Å²) in [5.41, 5.74) is 2.18. The van der Waals surface area contributed by atoms with E-state index in [-0.39, 0.29) is 24.3 Å². The largest absolute Gasteiger partial charge is 0.478 e. The summed E-state index contributed by atoms with van der Waals surface area (Å²) in [6, 6.07) is 6.92. The lowest BCUT2D eigenvalue weighted by Crippen LogP contribution is -2.36. The quantitative estimate of drug-likeness (QED) is 0.322. The third-order valence-corrected chi connectivity index (χ3v) is 5.21. The van der Waals surface area contributed by atoms with E-state index in [1.54, 1.807) is 44.2 Å². The van der Waals surface area contributed by atoms with Crippen LogP contribution in [-0.4, -0.2) is 47.8 Å². The van der Waals surface area contributed by atoms with Crippen molar-refractivity contribution in [3.05, 3.63) is 63.5 Å². The van der Waals surface area contributed by atoms with Crippen LogP contribution in [0.5, 0.6) is 0 Å². The van der Waals surface area contributed by atoms with Crippen molar-refractivity contribution in [2.24, 2.45) is 0 Å². The smallest absolute Gasteiger partial charge is 0.334 e. The summed E-state index contributed by atoms with van der Waals surface area (Å²) in [4.78, 5) is 36.9. The third kappa shape index (κ3) is 5.45. The SMILES string of the molecule is CCNCC1=C(C(=O)O)C(c2ccccc2C=C(CC)C(=O)OCC)C(C(=O)O)=C(C)N1. The Morgan fingerprint density at radius 1 is 1.09 bits per heavy atom. The van der Waals surface area contributed by atoms with Gasteiger partial charge in [-0.25, -0.2) is 14.4 Å². The predicted octanol–water partition coefficient (Wildman–Crippen LogP) is 3.04. The van der Waals surface area contributed by atoms with Crippen molar-refractivity contribution in [3.63, 3.8) is 0 Å². The molecule has 0 spiro atoms. The molecule has 1 aromatic carbocycles. The molecule has 1 aliphatic heterocycles. The normalized spacial score (nSPS) is 16.6. The zero-order chi connectivity index (χ0) is 23.8. The predicted molar refractivity (Wildman–Crippen MR) is 121 cm³/mol. The van der Waals surface area contributed by atoms with Crippen LogP contribution in [0.2, 0.25) is 0 Å². The molecule has 32 heavy (non-hydrogen) atoms. The molecule has 0 amide bonds. The molecule has 8 heteroatoms. The highest BCUT2D eigenvalue weighted by molar-refractivity contribution is 5.99. The van der Waals surface area contributed by atoms with Gasteiger partial charge in [0.15, 0.2) is 0 Å². The zero-order valence-electron chi connectivity index (χ0n) is 18.8. The van der Waals surface area contributed by atoms with Crippen LogP contribution in [0, 0.1) is 0 Å². The number of rotatable bonds is 10. The molecule has 0 aromatic heterocycles. The molecule has 1 unspecified atom stereocenters. The molecule has 1 atom stereocenters. The summed E-state index contributed by atoms with van der Waals surface area (Å²) < 4.78 is 5.12. The number of ether oxygens (including phenoxy) is 1. The number of benzene rings is 1. The number of carbonyl (C=O) groups excluding carboxylic acids is 1. The van der Waals surface area contributed by atoms with Crippen molar-refractivity contribution >= 4 is 24.0 Å². The summed E-state index contributed by atoms with van der Waals surface area (Å²) in [6.45, 7) is 8.16. The highest BCUT2D eigenvalue weighted by atomic mass is 16.5. The second-order valence-corrected chi connectivity index (χ2v) is 7.25. The van der Waals surface area contributed by atoms with Gasteiger partial charge in [-0.2, -0.15) is 0 Å². The van der Waals surface area contributed by atoms with Crippen LogP contribution >= 0.6 is 0 Å². The first-order valence-corrected chi connectivity index (χ1v) is 10.6. The molecule has 1 aromatic rings. The molecule has 1 aliphatic rings. The van der Waals surface area contributed by atoms with Crippen LogP contribution in [0.1, 0.15) is 51.2 Å². The minimum Gasteiger partial charge on any atom is -0.478 e. The van der Waals surface area contributed by atoms with Crippen molar-refractivity contribution in [1.29, 1.82) is 0 Å². The van der Waals surface area contributed by atoms with Gasteiger partial charge in [0.1, 0.15) is 0 Å². The van der Waals surface area contributed by atoms with Crippen molar-refractivity contribution in [1.82, 2.24) is 10.6 Å². The minimum atomic E-state index is -1.21. The molecule has 0 radical (unpaired) electrons. The summed E-state index contributed by atoms with van der Waals surface area (Å²) in [5.74, 6) is -3.89. The standard InChI is InChI=1S/C24H30N2O6/c1-5-15(24(31)32-7-3)12-16-10-8-9-11-17(16)20-19(22(27)28)14(4)26-18(13-25-6-2)21(20)23(29)30/h8-12,20,25-26H,5-7,13H2,1-4H3,(H,27,28)(H,29,30). The lowest BCUT2D eigenvalue weighted by Gasteiger charge is -2.31. The van der Waals surface area contributed by atoms with Gasteiger partial charge >= 0.3 is 17.9 Å². The molecule has 0 bridgehead atoms. The van der Waals surface area contributed by atoms with E-state index in [2.05, 4.69) is 10.6 Å². The average molecular weight is 443 g/mol. The van der Waals surface area contributed by atoms with Gasteiger partial charge in [-0.3, -0.25) is 0 Å². The van der Waals surface area contributed by atoms with Gasteiger partial charge in [-0.1, -0.05) is 38.1 Å².